The first-order chi connectivity index (χ1) is 14.4. The van der Waals surface area contributed by atoms with Gasteiger partial charge in [0.05, 0.1) is 18.1 Å². The average Bonchev–Trinajstić information content (AvgIpc) is 2.69. The Morgan fingerprint density at radius 3 is 2.93 bits per heavy atom. The van der Waals surface area contributed by atoms with E-state index < -0.39 is 22.5 Å². The molecule has 0 radical (unpaired) electrons. The lowest BCUT2D eigenvalue weighted by Crippen LogP contribution is -2.33. The summed E-state index contributed by atoms with van der Waals surface area (Å²) >= 11 is 0. The largest absolute Gasteiger partial charge is 0.486 e. The summed E-state index contributed by atoms with van der Waals surface area (Å²) in [6, 6.07) is 4.05. The smallest absolute Gasteiger partial charge is 0.415 e. The van der Waals surface area contributed by atoms with Crippen molar-refractivity contribution in [2.45, 2.75) is 26.3 Å². The molecule has 10 nitrogen and oxygen atoms in total. The zero-order valence-electron chi connectivity index (χ0n) is 16.2. The van der Waals surface area contributed by atoms with Crippen LogP contribution in [0.1, 0.15) is 24.7 Å². The van der Waals surface area contributed by atoms with E-state index >= 15 is 0 Å². The number of nitrogens with two attached hydrogens (primary N) is 1. The van der Waals surface area contributed by atoms with Gasteiger partial charge in [-0.1, -0.05) is 18.2 Å². The van der Waals surface area contributed by atoms with E-state index in [2.05, 4.69) is 9.97 Å². The van der Waals surface area contributed by atoms with Gasteiger partial charge in [0.2, 0.25) is 11.6 Å². The van der Waals surface area contributed by atoms with Crippen LogP contribution in [0.4, 0.5) is 26.5 Å². The van der Waals surface area contributed by atoms with Crippen LogP contribution in [0.2, 0.25) is 0 Å². The van der Waals surface area contributed by atoms with Crippen molar-refractivity contribution >= 4 is 23.4 Å². The number of hydrogen-bond donors (Lipinski definition) is 1. The number of amides is 1. The molecule has 1 aliphatic heterocycles. The number of carbonyl (C=O) groups is 1. The molecular weight excluding hydrogens is 397 g/mol. The summed E-state index contributed by atoms with van der Waals surface area (Å²) in [5.74, 6) is -0.969. The van der Waals surface area contributed by atoms with Crippen molar-refractivity contribution in [1.82, 2.24) is 9.97 Å². The second kappa shape index (κ2) is 9.16. The number of ether oxygens (including phenoxy) is 2. The molecule has 0 saturated carbocycles. The van der Waals surface area contributed by atoms with Crippen LogP contribution in [-0.4, -0.2) is 34.2 Å². The fourth-order valence-corrected chi connectivity index (χ4v) is 2.88. The van der Waals surface area contributed by atoms with Gasteiger partial charge in [-0.2, -0.15) is 0 Å². The molecule has 0 spiro atoms. The van der Waals surface area contributed by atoms with Gasteiger partial charge in [-0.25, -0.2) is 19.2 Å². The number of aryl methyl sites for hydroxylation is 1. The molecule has 1 aromatic heterocycles. The molecular formula is C19H20FN5O5. The van der Waals surface area contributed by atoms with E-state index in [9.17, 15) is 19.3 Å². The Hall–Kier alpha value is -3.76. The van der Waals surface area contributed by atoms with Gasteiger partial charge in [0.25, 0.3) is 0 Å². The van der Waals surface area contributed by atoms with Crippen LogP contribution in [0.5, 0.6) is 5.75 Å². The van der Waals surface area contributed by atoms with E-state index in [-0.39, 0.29) is 43.0 Å². The van der Waals surface area contributed by atoms with E-state index in [1.54, 1.807) is 19.1 Å². The van der Waals surface area contributed by atoms with Crippen molar-refractivity contribution in [3.05, 3.63) is 57.7 Å². The minimum absolute atomic E-state index is 0.00425. The van der Waals surface area contributed by atoms with Crippen LogP contribution in [0.15, 0.2) is 30.4 Å². The van der Waals surface area contributed by atoms with Gasteiger partial charge in [0.1, 0.15) is 12.4 Å². The summed E-state index contributed by atoms with van der Waals surface area (Å²) in [6.07, 6.45) is 3.46. The maximum absolute atomic E-state index is 14.1. The predicted molar refractivity (Wildman–Crippen MR) is 106 cm³/mol. The molecule has 11 heteroatoms. The van der Waals surface area contributed by atoms with Gasteiger partial charge in [0.15, 0.2) is 11.6 Å². The van der Waals surface area contributed by atoms with Crippen molar-refractivity contribution in [2.24, 2.45) is 0 Å². The molecule has 30 heavy (non-hydrogen) atoms. The van der Waals surface area contributed by atoms with Crippen molar-refractivity contribution in [2.75, 3.05) is 23.8 Å². The Morgan fingerprint density at radius 2 is 2.20 bits per heavy atom. The molecule has 2 heterocycles. The Morgan fingerprint density at radius 1 is 1.40 bits per heavy atom. The number of hydrogen-bond acceptors (Lipinski definition) is 8. The Labute approximate surface area is 171 Å². The number of anilines is 2. The first kappa shape index (κ1) is 21.0. The first-order valence-corrected chi connectivity index (χ1v) is 9.22. The number of fused-ring (bicyclic) bond motifs is 4. The minimum atomic E-state index is -0.858. The third kappa shape index (κ3) is 4.62. The van der Waals surface area contributed by atoms with Crippen molar-refractivity contribution in [3.63, 3.8) is 0 Å². The highest BCUT2D eigenvalue weighted by Crippen LogP contribution is 2.33. The van der Waals surface area contributed by atoms with Crippen LogP contribution in [0.25, 0.3) is 0 Å². The number of nitrogens with zero attached hydrogens (tertiary/aromatic N) is 4. The second-order valence-corrected chi connectivity index (χ2v) is 6.33. The molecule has 3 rings (SSSR count). The van der Waals surface area contributed by atoms with E-state index in [0.29, 0.717) is 18.4 Å². The highest BCUT2D eigenvalue weighted by atomic mass is 19.1. The topological polar surface area (TPSA) is 134 Å². The highest BCUT2D eigenvalue weighted by Gasteiger charge is 2.32. The average molecular weight is 417 g/mol. The predicted octanol–water partition coefficient (Wildman–Crippen LogP) is 3.15. The molecule has 0 unspecified atom stereocenters. The molecule has 4 bridgehead atoms. The van der Waals surface area contributed by atoms with Gasteiger partial charge in [-0.15, -0.1) is 0 Å². The van der Waals surface area contributed by atoms with E-state index in [1.165, 1.54) is 18.2 Å². The van der Waals surface area contributed by atoms with Gasteiger partial charge < -0.3 is 15.2 Å². The molecule has 158 valence electrons. The number of nitrogen functional groups attached to an aromatic ring is 1. The summed E-state index contributed by atoms with van der Waals surface area (Å²) in [5, 5.41) is 11.6. The number of allylic oxidation sites excluding steroid dienone is 1. The lowest BCUT2D eigenvalue weighted by molar-refractivity contribution is -0.383. The lowest BCUT2D eigenvalue weighted by atomic mass is 10.2. The minimum Gasteiger partial charge on any atom is -0.486 e. The fourth-order valence-electron chi connectivity index (χ4n) is 2.88. The lowest BCUT2D eigenvalue weighted by Gasteiger charge is -2.22. The quantitative estimate of drug-likeness (QED) is 0.447. The molecule has 0 atom stereocenters. The maximum Gasteiger partial charge on any atom is 0.415 e. The molecule has 2 N–H and O–H groups in total. The molecule has 1 amide bonds. The van der Waals surface area contributed by atoms with Crippen LogP contribution in [0.3, 0.4) is 0 Å². The number of carbonyl (C=O) groups excluding carboxylic acids is 1. The number of rotatable bonds is 2. The number of halogens is 1. The number of nitro groups is 1. The monoisotopic (exact) mass is 417 g/mol. The highest BCUT2D eigenvalue weighted by molar-refractivity contribution is 5.90. The summed E-state index contributed by atoms with van der Waals surface area (Å²) in [5.41, 5.74) is 5.68. The van der Waals surface area contributed by atoms with Crippen LogP contribution >= 0.6 is 0 Å². The zero-order valence-corrected chi connectivity index (χ0v) is 16.2. The first-order valence-electron chi connectivity index (χ1n) is 9.22. The number of aromatic nitrogens is 2. The van der Waals surface area contributed by atoms with E-state index in [4.69, 9.17) is 15.2 Å². The van der Waals surface area contributed by atoms with Gasteiger partial charge in [-0.05, 0) is 31.0 Å². The van der Waals surface area contributed by atoms with E-state index in [0.717, 1.165) is 4.90 Å². The van der Waals surface area contributed by atoms with Crippen molar-refractivity contribution in [3.8, 4) is 5.75 Å². The van der Waals surface area contributed by atoms with Crippen LogP contribution in [-0.2, 0) is 17.7 Å². The summed E-state index contributed by atoms with van der Waals surface area (Å²) < 4.78 is 24.6. The van der Waals surface area contributed by atoms with Crippen LogP contribution < -0.4 is 15.4 Å². The molecule has 0 aliphatic carbocycles. The maximum atomic E-state index is 14.1. The summed E-state index contributed by atoms with van der Waals surface area (Å²) in [7, 11) is 0. The number of benzene rings is 1. The van der Waals surface area contributed by atoms with Crippen molar-refractivity contribution in [1.29, 1.82) is 0 Å². The van der Waals surface area contributed by atoms with Gasteiger partial charge in [0, 0.05) is 6.42 Å². The zero-order chi connectivity index (χ0) is 21.7. The summed E-state index contributed by atoms with van der Waals surface area (Å²) in [4.78, 5) is 32.8. The molecule has 2 aromatic rings. The third-order valence-electron chi connectivity index (χ3n) is 4.24. The SMILES string of the molecule is CCOC(=O)N1Cc2ccc(F)c(c2)OC/C=C/CCc2nc(N)c([N+](=O)[O-])c1n2. The summed E-state index contributed by atoms with van der Waals surface area (Å²) in [6.45, 7) is 1.62. The van der Waals surface area contributed by atoms with Gasteiger partial charge in [-0.3, -0.25) is 15.0 Å². The Kier molecular flexibility index (Phi) is 6.40. The van der Waals surface area contributed by atoms with E-state index in [1.807, 2.05) is 0 Å². The third-order valence-corrected chi connectivity index (χ3v) is 4.24. The van der Waals surface area contributed by atoms with Crippen LogP contribution in [0, 0.1) is 15.9 Å². The Bertz CT molecular complexity index is 998. The second-order valence-electron chi connectivity index (χ2n) is 6.33. The fraction of sp³-hybridized carbons (Fsp3) is 0.316. The standard InChI is InChI=1S/C19H20FN5O5/c1-2-29-19(26)24-11-12-7-8-13(20)14(10-12)30-9-5-3-4-6-15-22-17(21)16(25(27)28)18(24)23-15/h3,5,7-8,10H,2,4,6,9,11H2,1H3,(H2,21,22,23)/b5-3+. The van der Waals surface area contributed by atoms with Gasteiger partial charge >= 0.3 is 11.8 Å². The molecule has 0 saturated heterocycles. The normalized spacial score (nSPS) is 14.9. The molecule has 1 aliphatic rings. The molecule has 0 fully saturated rings. The van der Waals surface area contributed by atoms with Crippen molar-refractivity contribution < 1.29 is 23.6 Å². The molecule has 1 aromatic carbocycles. The Balaban J connectivity index is 2.18.